The van der Waals surface area contributed by atoms with Gasteiger partial charge in [-0.2, -0.15) is 4.98 Å². The fourth-order valence-electron chi connectivity index (χ4n) is 2.52. The van der Waals surface area contributed by atoms with Crippen LogP contribution in [0.2, 0.25) is 0 Å². The van der Waals surface area contributed by atoms with Crippen LogP contribution in [0.1, 0.15) is 38.1 Å². The van der Waals surface area contributed by atoms with Gasteiger partial charge < -0.3 is 35.4 Å². The van der Waals surface area contributed by atoms with Crippen molar-refractivity contribution in [2.75, 3.05) is 18.0 Å². The SMILES string of the molecule is CC(O)C(NC(=O)N[C@@H](CC(=O)O)c1nc(N2CCCC2)no1)C(=O)O. The van der Waals surface area contributed by atoms with E-state index in [-0.39, 0.29) is 5.89 Å². The van der Waals surface area contributed by atoms with E-state index in [1.807, 2.05) is 4.90 Å². The van der Waals surface area contributed by atoms with E-state index < -0.39 is 42.6 Å². The molecule has 0 aliphatic carbocycles. The molecule has 1 aliphatic heterocycles. The van der Waals surface area contributed by atoms with Crippen LogP contribution in [0.4, 0.5) is 10.7 Å². The largest absolute Gasteiger partial charge is 0.481 e. The van der Waals surface area contributed by atoms with Crippen LogP contribution in [-0.4, -0.2) is 68.7 Å². The quantitative estimate of drug-likeness (QED) is 0.393. The summed E-state index contributed by atoms with van der Waals surface area (Å²) in [5, 5.41) is 35.5. The van der Waals surface area contributed by atoms with E-state index in [1.54, 1.807) is 0 Å². The molecule has 0 radical (unpaired) electrons. The summed E-state index contributed by atoms with van der Waals surface area (Å²) in [4.78, 5) is 40.1. The molecule has 12 heteroatoms. The highest BCUT2D eigenvalue weighted by Gasteiger charge is 2.29. The van der Waals surface area contributed by atoms with Crippen molar-refractivity contribution in [3.05, 3.63) is 5.89 Å². The van der Waals surface area contributed by atoms with Crippen molar-refractivity contribution in [3.63, 3.8) is 0 Å². The van der Waals surface area contributed by atoms with E-state index in [0.29, 0.717) is 5.95 Å². The summed E-state index contributed by atoms with van der Waals surface area (Å²) in [5.74, 6) is -2.45. The van der Waals surface area contributed by atoms with Crippen molar-refractivity contribution in [3.8, 4) is 0 Å². The molecule has 1 fully saturated rings. The lowest BCUT2D eigenvalue weighted by Gasteiger charge is -2.19. The third kappa shape index (κ3) is 5.05. The molecular weight excluding hydrogens is 350 g/mol. The number of aliphatic carboxylic acids is 2. The smallest absolute Gasteiger partial charge is 0.328 e. The first-order chi connectivity index (χ1) is 12.3. The van der Waals surface area contributed by atoms with Crippen LogP contribution in [0.25, 0.3) is 0 Å². The van der Waals surface area contributed by atoms with Gasteiger partial charge in [-0.25, -0.2) is 9.59 Å². The Morgan fingerprint density at radius 2 is 1.88 bits per heavy atom. The average molecular weight is 371 g/mol. The highest BCUT2D eigenvalue weighted by molar-refractivity contribution is 5.83. The van der Waals surface area contributed by atoms with E-state index in [2.05, 4.69) is 20.8 Å². The third-order valence-electron chi connectivity index (χ3n) is 3.84. The summed E-state index contributed by atoms with van der Waals surface area (Å²) >= 11 is 0. The highest BCUT2D eigenvalue weighted by atomic mass is 16.5. The number of carbonyl (C=O) groups excluding carboxylic acids is 1. The molecule has 26 heavy (non-hydrogen) atoms. The number of carbonyl (C=O) groups is 3. The van der Waals surface area contributed by atoms with Crippen LogP contribution >= 0.6 is 0 Å². The van der Waals surface area contributed by atoms with Crippen LogP contribution in [0.15, 0.2) is 4.52 Å². The van der Waals surface area contributed by atoms with Crippen LogP contribution in [-0.2, 0) is 9.59 Å². The van der Waals surface area contributed by atoms with Gasteiger partial charge in [-0.15, -0.1) is 0 Å². The molecule has 2 rings (SSSR count). The molecule has 0 aromatic carbocycles. The van der Waals surface area contributed by atoms with E-state index in [4.69, 9.17) is 14.7 Å². The third-order valence-corrected chi connectivity index (χ3v) is 3.84. The molecule has 1 aliphatic rings. The van der Waals surface area contributed by atoms with E-state index in [1.165, 1.54) is 6.92 Å². The molecule has 2 amide bonds. The highest BCUT2D eigenvalue weighted by Crippen LogP contribution is 2.21. The topological polar surface area (TPSA) is 178 Å². The summed E-state index contributed by atoms with van der Waals surface area (Å²) in [6.45, 7) is 2.71. The van der Waals surface area contributed by atoms with Gasteiger partial charge in [0.25, 0.3) is 11.8 Å². The molecule has 1 aromatic rings. The number of amides is 2. The van der Waals surface area contributed by atoms with Gasteiger partial charge in [0, 0.05) is 13.1 Å². The number of urea groups is 1. The van der Waals surface area contributed by atoms with Gasteiger partial charge in [-0.1, -0.05) is 0 Å². The molecular formula is C14H21N5O7. The zero-order chi connectivity index (χ0) is 19.3. The first-order valence-corrected chi connectivity index (χ1v) is 8.06. The second kappa shape index (κ2) is 8.47. The molecule has 12 nitrogen and oxygen atoms in total. The lowest BCUT2D eigenvalue weighted by Crippen LogP contribution is -2.51. The number of carboxylic acids is 2. The van der Waals surface area contributed by atoms with Gasteiger partial charge in [-0.3, -0.25) is 4.79 Å². The minimum atomic E-state index is -1.55. The monoisotopic (exact) mass is 371 g/mol. The number of hydrogen-bond acceptors (Lipinski definition) is 8. The molecule has 3 atom stereocenters. The molecule has 2 unspecified atom stereocenters. The second-order valence-electron chi connectivity index (χ2n) is 5.95. The fraction of sp³-hybridized carbons (Fsp3) is 0.643. The zero-order valence-corrected chi connectivity index (χ0v) is 14.1. The minimum absolute atomic E-state index is 0.103. The Morgan fingerprint density at radius 1 is 1.23 bits per heavy atom. The molecule has 1 saturated heterocycles. The maximum Gasteiger partial charge on any atom is 0.328 e. The van der Waals surface area contributed by atoms with Crippen molar-refractivity contribution >= 4 is 23.9 Å². The van der Waals surface area contributed by atoms with Crippen LogP contribution in [0, 0.1) is 0 Å². The van der Waals surface area contributed by atoms with Gasteiger partial charge in [0.15, 0.2) is 6.04 Å². The van der Waals surface area contributed by atoms with Crippen molar-refractivity contribution in [1.29, 1.82) is 0 Å². The van der Waals surface area contributed by atoms with Crippen molar-refractivity contribution in [2.45, 2.75) is 44.4 Å². The summed E-state index contributed by atoms with van der Waals surface area (Å²) < 4.78 is 5.07. The number of anilines is 1. The van der Waals surface area contributed by atoms with Gasteiger partial charge in [-0.05, 0) is 24.9 Å². The molecule has 1 aromatic heterocycles. The minimum Gasteiger partial charge on any atom is -0.481 e. The Labute approximate surface area is 148 Å². The molecule has 5 N–H and O–H groups in total. The number of nitrogens with one attached hydrogen (secondary N) is 2. The molecule has 0 saturated carbocycles. The number of hydrogen-bond donors (Lipinski definition) is 5. The standard InChI is InChI=1S/C14H21N5O7/c1-7(20)10(12(23)24)16-14(25)15-8(6-9(21)22)11-17-13(18-26-11)19-4-2-3-5-19/h7-8,10,20H,2-6H2,1H3,(H,21,22)(H,23,24)(H2,15,16,25)/t7?,8-,10?/m0/s1. The molecule has 0 spiro atoms. The Hall–Kier alpha value is -2.89. The number of aliphatic hydroxyl groups excluding tert-OH is 1. The zero-order valence-electron chi connectivity index (χ0n) is 14.1. The summed E-state index contributed by atoms with van der Waals surface area (Å²) in [6.07, 6.45) is 0.0841. The van der Waals surface area contributed by atoms with E-state index in [0.717, 1.165) is 25.9 Å². The lowest BCUT2D eigenvalue weighted by atomic mass is 10.2. The molecule has 2 heterocycles. The van der Waals surface area contributed by atoms with Gasteiger partial charge >= 0.3 is 18.0 Å². The number of rotatable bonds is 8. The van der Waals surface area contributed by atoms with Crippen LogP contribution in [0.3, 0.4) is 0 Å². The first-order valence-electron chi connectivity index (χ1n) is 8.06. The van der Waals surface area contributed by atoms with Crippen LogP contribution < -0.4 is 15.5 Å². The van der Waals surface area contributed by atoms with Gasteiger partial charge in [0.2, 0.25) is 0 Å². The number of nitrogens with zero attached hydrogens (tertiary/aromatic N) is 3. The predicted octanol–water partition coefficient (Wildman–Crippen LogP) is -0.681. The normalized spacial score (nSPS) is 17.4. The second-order valence-corrected chi connectivity index (χ2v) is 5.95. The summed E-state index contributed by atoms with van der Waals surface area (Å²) in [6, 6.07) is -3.69. The Balaban J connectivity index is 2.08. The Morgan fingerprint density at radius 3 is 2.42 bits per heavy atom. The van der Waals surface area contributed by atoms with E-state index in [9.17, 15) is 19.5 Å². The predicted molar refractivity (Wildman–Crippen MR) is 85.5 cm³/mol. The number of carboxylic acid groups (broad SMARTS) is 2. The number of aromatic nitrogens is 2. The van der Waals surface area contributed by atoms with Gasteiger partial charge in [0.1, 0.15) is 6.04 Å². The lowest BCUT2D eigenvalue weighted by molar-refractivity contribution is -0.142. The number of aliphatic hydroxyl groups is 1. The van der Waals surface area contributed by atoms with E-state index >= 15 is 0 Å². The van der Waals surface area contributed by atoms with Crippen molar-refractivity contribution in [2.24, 2.45) is 0 Å². The Kier molecular flexibility index (Phi) is 6.33. The average Bonchev–Trinajstić information content (AvgIpc) is 3.21. The van der Waals surface area contributed by atoms with Crippen molar-refractivity contribution < 1.29 is 34.2 Å². The first kappa shape index (κ1) is 19.4. The van der Waals surface area contributed by atoms with Crippen molar-refractivity contribution in [1.82, 2.24) is 20.8 Å². The maximum atomic E-state index is 12.0. The molecule has 144 valence electrons. The fourth-order valence-corrected chi connectivity index (χ4v) is 2.52. The summed E-state index contributed by atoms with van der Waals surface area (Å²) in [7, 11) is 0. The summed E-state index contributed by atoms with van der Waals surface area (Å²) in [5.41, 5.74) is 0. The maximum absolute atomic E-state index is 12.0. The van der Waals surface area contributed by atoms with Crippen LogP contribution in [0.5, 0.6) is 0 Å². The Bertz CT molecular complexity index is 656. The van der Waals surface area contributed by atoms with Gasteiger partial charge in [0.05, 0.1) is 12.5 Å². The molecule has 0 bridgehead atoms.